The van der Waals surface area contributed by atoms with Crippen LogP contribution in [0.5, 0.6) is 5.75 Å². The highest BCUT2D eigenvalue weighted by atomic mass is 16.5. The van der Waals surface area contributed by atoms with Crippen molar-refractivity contribution in [2.45, 2.75) is 20.5 Å². The summed E-state index contributed by atoms with van der Waals surface area (Å²) in [5.41, 5.74) is 5.78. The summed E-state index contributed by atoms with van der Waals surface area (Å²) in [4.78, 5) is 4.66. The topological polar surface area (TPSA) is 46.8 Å². The molecule has 3 aromatic rings. The Kier molecular flexibility index (Phi) is 3.39. The molecule has 0 fully saturated rings. The Morgan fingerprint density at radius 2 is 2.00 bits per heavy atom. The van der Waals surface area contributed by atoms with Gasteiger partial charge in [-0.25, -0.2) is 4.98 Å². The van der Waals surface area contributed by atoms with Crippen molar-refractivity contribution in [2.24, 2.45) is 0 Å². The molecule has 0 aliphatic rings. The Morgan fingerprint density at radius 1 is 1.24 bits per heavy atom. The molecule has 108 valence electrons. The Labute approximate surface area is 123 Å². The number of hydrogen-bond donors (Lipinski definition) is 1. The maximum Gasteiger partial charge on any atom is 0.142 e. The fraction of sp³-hybridized carbons (Fsp3) is 0.235. The van der Waals surface area contributed by atoms with E-state index in [0.717, 1.165) is 28.2 Å². The third-order valence-electron chi connectivity index (χ3n) is 3.83. The van der Waals surface area contributed by atoms with E-state index in [0.29, 0.717) is 0 Å². The lowest BCUT2D eigenvalue weighted by Crippen LogP contribution is -1.92. The smallest absolute Gasteiger partial charge is 0.142 e. The van der Waals surface area contributed by atoms with Gasteiger partial charge in [0.15, 0.2) is 0 Å². The second-order valence-electron chi connectivity index (χ2n) is 5.19. The number of aryl methyl sites for hydroxylation is 2. The average Bonchev–Trinajstić information content (AvgIpc) is 2.93. The number of rotatable bonds is 3. The molecule has 0 aliphatic heterocycles. The number of hydrogen-bond acceptors (Lipinski definition) is 3. The highest BCUT2D eigenvalue weighted by Crippen LogP contribution is 2.32. The van der Waals surface area contributed by atoms with Crippen LogP contribution in [0.4, 0.5) is 0 Å². The first-order valence-electron chi connectivity index (χ1n) is 6.87. The molecule has 4 nitrogen and oxygen atoms in total. The number of nitrogens with zero attached hydrogens (tertiary/aromatic N) is 2. The predicted molar refractivity (Wildman–Crippen MR) is 82.6 cm³/mol. The normalized spacial score (nSPS) is 11.0. The highest BCUT2D eigenvalue weighted by Gasteiger charge is 2.13. The number of pyridine rings is 1. The van der Waals surface area contributed by atoms with Gasteiger partial charge in [0.1, 0.15) is 11.4 Å². The molecule has 1 aromatic carbocycles. The molecule has 0 aliphatic carbocycles. The van der Waals surface area contributed by atoms with Crippen molar-refractivity contribution in [3.8, 4) is 17.0 Å². The van der Waals surface area contributed by atoms with Gasteiger partial charge in [-0.05, 0) is 43.2 Å². The maximum atomic E-state index is 9.42. The van der Waals surface area contributed by atoms with Crippen LogP contribution in [-0.4, -0.2) is 21.6 Å². The first-order valence-corrected chi connectivity index (χ1v) is 6.87. The molecule has 0 saturated carbocycles. The molecule has 1 N–H and O–H groups in total. The highest BCUT2D eigenvalue weighted by molar-refractivity contribution is 5.71. The van der Waals surface area contributed by atoms with Gasteiger partial charge in [0.25, 0.3) is 0 Å². The van der Waals surface area contributed by atoms with Gasteiger partial charge in [-0.15, -0.1) is 0 Å². The van der Waals surface area contributed by atoms with E-state index in [1.54, 1.807) is 7.11 Å². The largest absolute Gasteiger partial charge is 0.496 e. The zero-order chi connectivity index (χ0) is 15.0. The summed E-state index contributed by atoms with van der Waals surface area (Å²) in [5.74, 6) is 0.812. The minimum atomic E-state index is -0.0230. The van der Waals surface area contributed by atoms with Crippen LogP contribution >= 0.6 is 0 Å². The van der Waals surface area contributed by atoms with Gasteiger partial charge < -0.3 is 14.2 Å². The van der Waals surface area contributed by atoms with Gasteiger partial charge in [-0.2, -0.15) is 0 Å². The molecule has 0 saturated heterocycles. The fourth-order valence-electron chi connectivity index (χ4n) is 2.48. The molecule has 2 aromatic heterocycles. The van der Waals surface area contributed by atoms with Crippen LogP contribution in [0.1, 0.15) is 16.7 Å². The quantitative estimate of drug-likeness (QED) is 0.803. The lowest BCUT2D eigenvalue weighted by molar-refractivity contribution is 0.282. The Balaban J connectivity index is 2.23. The van der Waals surface area contributed by atoms with Crippen molar-refractivity contribution >= 4 is 5.65 Å². The van der Waals surface area contributed by atoms with Crippen molar-refractivity contribution in [1.29, 1.82) is 0 Å². The molecule has 0 radical (unpaired) electrons. The van der Waals surface area contributed by atoms with Crippen molar-refractivity contribution in [1.82, 2.24) is 9.38 Å². The summed E-state index contributed by atoms with van der Waals surface area (Å²) in [6.45, 7) is 4.12. The Hall–Kier alpha value is -2.33. The van der Waals surface area contributed by atoms with Crippen LogP contribution in [0.15, 0.2) is 36.7 Å². The monoisotopic (exact) mass is 282 g/mol. The standard InChI is InChI=1S/C17H18N2O2/c1-11-7-14(16(21-3)8-12(11)2)15-9-19-6-4-5-13(10-20)17(19)18-15/h4-9,20H,10H2,1-3H3. The van der Waals surface area contributed by atoms with Crippen LogP contribution in [0.2, 0.25) is 0 Å². The van der Waals surface area contributed by atoms with Gasteiger partial charge >= 0.3 is 0 Å². The second-order valence-corrected chi connectivity index (χ2v) is 5.19. The molecule has 0 bridgehead atoms. The van der Waals surface area contributed by atoms with Crippen molar-refractivity contribution < 1.29 is 9.84 Å². The summed E-state index contributed by atoms with van der Waals surface area (Å²) in [7, 11) is 1.67. The third kappa shape index (κ3) is 2.28. The molecule has 0 amide bonds. The van der Waals surface area contributed by atoms with Gasteiger partial charge in [0.05, 0.1) is 19.4 Å². The van der Waals surface area contributed by atoms with Crippen molar-refractivity contribution in [3.05, 3.63) is 53.3 Å². The lowest BCUT2D eigenvalue weighted by Gasteiger charge is -2.09. The molecule has 0 atom stereocenters. The summed E-state index contributed by atoms with van der Waals surface area (Å²) in [6, 6.07) is 7.90. The Morgan fingerprint density at radius 3 is 2.71 bits per heavy atom. The number of fused-ring (bicyclic) bond motifs is 1. The van der Waals surface area contributed by atoms with E-state index < -0.39 is 0 Å². The van der Waals surface area contributed by atoms with E-state index in [1.807, 2.05) is 35.0 Å². The number of ether oxygens (including phenoxy) is 1. The second kappa shape index (κ2) is 5.22. The van der Waals surface area contributed by atoms with Crippen LogP contribution in [0.25, 0.3) is 16.9 Å². The summed E-state index contributed by atoms with van der Waals surface area (Å²) < 4.78 is 7.42. The molecule has 3 rings (SSSR count). The van der Waals surface area contributed by atoms with E-state index in [-0.39, 0.29) is 6.61 Å². The zero-order valence-corrected chi connectivity index (χ0v) is 12.4. The molecule has 0 spiro atoms. The van der Waals surface area contributed by atoms with Gasteiger partial charge in [-0.3, -0.25) is 0 Å². The minimum absolute atomic E-state index is 0.0230. The molecular formula is C17H18N2O2. The van der Waals surface area contributed by atoms with Gasteiger partial charge in [0, 0.05) is 23.5 Å². The lowest BCUT2D eigenvalue weighted by atomic mass is 10.0. The van der Waals surface area contributed by atoms with E-state index >= 15 is 0 Å². The SMILES string of the molecule is COc1cc(C)c(C)cc1-c1cn2cccc(CO)c2n1. The average molecular weight is 282 g/mol. The molecule has 21 heavy (non-hydrogen) atoms. The van der Waals surface area contributed by atoms with Crippen LogP contribution in [0, 0.1) is 13.8 Å². The number of aliphatic hydroxyl groups is 1. The maximum absolute atomic E-state index is 9.42. The molecular weight excluding hydrogens is 264 g/mol. The fourth-order valence-corrected chi connectivity index (χ4v) is 2.48. The number of benzene rings is 1. The molecule has 2 heterocycles. The zero-order valence-electron chi connectivity index (χ0n) is 12.4. The predicted octanol–water partition coefficient (Wildman–Crippen LogP) is 3.12. The summed E-state index contributed by atoms with van der Waals surface area (Å²) in [5, 5.41) is 9.42. The van der Waals surface area contributed by atoms with E-state index in [4.69, 9.17) is 4.74 Å². The number of aromatic nitrogens is 2. The van der Waals surface area contributed by atoms with Crippen LogP contribution in [-0.2, 0) is 6.61 Å². The first-order chi connectivity index (χ1) is 10.1. The molecule has 4 heteroatoms. The van der Waals surface area contributed by atoms with Gasteiger partial charge in [-0.1, -0.05) is 6.07 Å². The first kappa shape index (κ1) is 13.6. The third-order valence-corrected chi connectivity index (χ3v) is 3.83. The van der Waals surface area contributed by atoms with E-state index in [2.05, 4.69) is 24.9 Å². The number of methoxy groups -OCH3 is 1. The molecule has 0 unspecified atom stereocenters. The summed E-state index contributed by atoms with van der Waals surface area (Å²) in [6.07, 6.45) is 3.89. The minimum Gasteiger partial charge on any atom is -0.496 e. The van der Waals surface area contributed by atoms with E-state index in [9.17, 15) is 5.11 Å². The van der Waals surface area contributed by atoms with Crippen molar-refractivity contribution in [2.75, 3.05) is 7.11 Å². The van der Waals surface area contributed by atoms with Gasteiger partial charge in [0.2, 0.25) is 0 Å². The number of imidazole rings is 1. The van der Waals surface area contributed by atoms with E-state index in [1.165, 1.54) is 11.1 Å². The van der Waals surface area contributed by atoms with Crippen LogP contribution < -0.4 is 4.74 Å². The summed E-state index contributed by atoms with van der Waals surface area (Å²) >= 11 is 0. The van der Waals surface area contributed by atoms with Crippen LogP contribution in [0.3, 0.4) is 0 Å². The Bertz CT molecular complexity index is 806. The number of aliphatic hydroxyl groups excluding tert-OH is 1. The van der Waals surface area contributed by atoms with Crippen molar-refractivity contribution in [3.63, 3.8) is 0 Å².